The highest BCUT2D eigenvalue weighted by molar-refractivity contribution is 5.80. The fourth-order valence-corrected chi connectivity index (χ4v) is 2.16. The number of carbonyl (C=O) groups is 1. The van der Waals surface area contributed by atoms with Crippen LogP contribution in [0.1, 0.15) is 59.8 Å². The molecule has 0 aliphatic carbocycles. The van der Waals surface area contributed by atoms with Crippen molar-refractivity contribution in [1.29, 1.82) is 0 Å². The van der Waals surface area contributed by atoms with E-state index < -0.39 is 0 Å². The standard InChI is InChI=1S/C20H40O5/c1-18(2)8-6-5-7-10-22-12-14-24-16-17-25-15-13-23-11-9-20(21)19(3)4/h18-19H,5-17H2,1-4H3. The summed E-state index contributed by atoms with van der Waals surface area (Å²) in [6, 6.07) is 0. The number of rotatable bonds is 19. The van der Waals surface area contributed by atoms with Crippen molar-refractivity contribution in [2.75, 3.05) is 52.9 Å². The summed E-state index contributed by atoms with van der Waals surface area (Å²) in [6.45, 7) is 13.1. The van der Waals surface area contributed by atoms with Gasteiger partial charge in [-0.1, -0.05) is 47.0 Å². The van der Waals surface area contributed by atoms with Crippen LogP contribution < -0.4 is 0 Å². The van der Waals surface area contributed by atoms with Crippen molar-refractivity contribution in [3.05, 3.63) is 0 Å². The highest BCUT2D eigenvalue weighted by atomic mass is 16.6. The fraction of sp³-hybridized carbons (Fsp3) is 0.950. The Morgan fingerprint density at radius 1 is 0.640 bits per heavy atom. The number of hydrogen-bond donors (Lipinski definition) is 0. The molecule has 0 aromatic carbocycles. The van der Waals surface area contributed by atoms with Crippen molar-refractivity contribution in [1.82, 2.24) is 0 Å². The maximum atomic E-state index is 11.4. The van der Waals surface area contributed by atoms with E-state index in [2.05, 4.69) is 13.8 Å². The average molecular weight is 361 g/mol. The fourth-order valence-electron chi connectivity index (χ4n) is 2.16. The number of Topliss-reactive ketones (excluding diaryl/α,β-unsaturated/α-hetero) is 1. The van der Waals surface area contributed by atoms with E-state index in [-0.39, 0.29) is 11.7 Å². The van der Waals surface area contributed by atoms with Crippen molar-refractivity contribution in [2.24, 2.45) is 11.8 Å². The van der Waals surface area contributed by atoms with Gasteiger partial charge in [0, 0.05) is 18.9 Å². The zero-order valence-corrected chi connectivity index (χ0v) is 16.9. The molecule has 150 valence electrons. The first-order chi connectivity index (χ1) is 12.0. The summed E-state index contributed by atoms with van der Waals surface area (Å²) in [5.41, 5.74) is 0. The Morgan fingerprint density at radius 2 is 1.12 bits per heavy atom. The summed E-state index contributed by atoms with van der Waals surface area (Å²) in [7, 11) is 0. The second-order valence-electron chi connectivity index (χ2n) is 7.06. The molecule has 0 atom stereocenters. The lowest BCUT2D eigenvalue weighted by atomic mass is 10.1. The number of carbonyl (C=O) groups excluding carboxylic acids is 1. The van der Waals surface area contributed by atoms with Crippen molar-refractivity contribution in [3.63, 3.8) is 0 Å². The van der Waals surface area contributed by atoms with Crippen molar-refractivity contribution in [3.8, 4) is 0 Å². The van der Waals surface area contributed by atoms with Gasteiger partial charge in [-0.3, -0.25) is 4.79 Å². The van der Waals surface area contributed by atoms with E-state index in [0.29, 0.717) is 52.7 Å². The minimum Gasteiger partial charge on any atom is -0.379 e. The molecule has 0 N–H and O–H groups in total. The minimum atomic E-state index is 0.0888. The maximum Gasteiger partial charge on any atom is 0.137 e. The molecule has 0 radical (unpaired) electrons. The van der Waals surface area contributed by atoms with Crippen LogP contribution in [0.3, 0.4) is 0 Å². The molecule has 0 saturated heterocycles. The Morgan fingerprint density at radius 3 is 1.60 bits per heavy atom. The zero-order chi connectivity index (χ0) is 18.8. The van der Waals surface area contributed by atoms with Crippen molar-refractivity contribution >= 4 is 5.78 Å². The predicted molar refractivity (Wildman–Crippen MR) is 101 cm³/mol. The number of unbranched alkanes of at least 4 members (excludes halogenated alkanes) is 2. The molecule has 0 aliphatic rings. The Kier molecular flexibility index (Phi) is 17.9. The molecule has 0 spiro atoms. The average Bonchev–Trinajstić information content (AvgIpc) is 2.57. The second-order valence-corrected chi connectivity index (χ2v) is 7.06. The van der Waals surface area contributed by atoms with Gasteiger partial charge < -0.3 is 18.9 Å². The van der Waals surface area contributed by atoms with Gasteiger partial charge in [0.25, 0.3) is 0 Å². The molecule has 0 aromatic heterocycles. The summed E-state index contributed by atoms with van der Waals surface area (Å²) in [5.74, 6) is 1.13. The van der Waals surface area contributed by atoms with E-state index >= 15 is 0 Å². The summed E-state index contributed by atoms with van der Waals surface area (Å²) < 4.78 is 21.7. The van der Waals surface area contributed by atoms with Crippen molar-refractivity contribution in [2.45, 2.75) is 59.8 Å². The molecule has 25 heavy (non-hydrogen) atoms. The SMILES string of the molecule is CC(C)CCCCCOCCOCCOCCOCCC(=O)C(C)C. The Balaban J connectivity index is 3.06. The van der Waals surface area contributed by atoms with Crippen LogP contribution >= 0.6 is 0 Å². The molecule has 0 rings (SSSR count). The normalized spacial score (nSPS) is 11.6. The van der Waals surface area contributed by atoms with E-state index in [1.165, 1.54) is 19.3 Å². The van der Waals surface area contributed by atoms with Gasteiger partial charge in [-0.05, 0) is 12.3 Å². The van der Waals surface area contributed by atoms with Crippen LogP contribution in [-0.4, -0.2) is 58.6 Å². The third-order valence-electron chi connectivity index (χ3n) is 3.82. The van der Waals surface area contributed by atoms with Gasteiger partial charge in [-0.15, -0.1) is 0 Å². The van der Waals surface area contributed by atoms with Gasteiger partial charge in [0.05, 0.1) is 46.2 Å². The van der Waals surface area contributed by atoms with E-state index in [0.717, 1.165) is 18.9 Å². The van der Waals surface area contributed by atoms with Gasteiger partial charge in [-0.25, -0.2) is 0 Å². The van der Waals surface area contributed by atoms with Crippen LogP contribution in [0.4, 0.5) is 0 Å². The minimum absolute atomic E-state index is 0.0888. The number of hydrogen-bond acceptors (Lipinski definition) is 5. The first kappa shape index (κ1) is 24.5. The number of ketones is 1. The quantitative estimate of drug-likeness (QED) is 0.327. The lowest BCUT2D eigenvalue weighted by Crippen LogP contribution is -2.14. The van der Waals surface area contributed by atoms with Crippen LogP contribution in [0.5, 0.6) is 0 Å². The first-order valence-electron chi connectivity index (χ1n) is 9.87. The molecule has 0 unspecified atom stereocenters. The Hall–Kier alpha value is -0.490. The molecular weight excluding hydrogens is 320 g/mol. The summed E-state index contributed by atoms with van der Waals surface area (Å²) >= 11 is 0. The largest absolute Gasteiger partial charge is 0.379 e. The smallest absolute Gasteiger partial charge is 0.137 e. The van der Waals surface area contributed by atoms with Gasteiger partial charge in [0.2, 0.25) is 0 Å². The molecule has 0 fully saturated rings. The molecule has 0 saturated carbocycles. The third-order valence-corrected chi connectivity index (χ3v) is 3.82. The van der Waals surface area contributed by atoms with E-state index in [1.54, 1.807) is 0 Å². The predicted octanol–water partition coefficient (Wildman–Crippen LogP) is 3.88. The van der Waals surface area contributed by atoms with Crippen LogP contribution in [-0.2, 0) is 23.7 Å². The van der Waals surface area contributed by atoms with Gasteiger partial charge in [0.15, 0.2) is 0 Å². The van der Waals surface area contributed by atoms with Gasteiger partial charge in [-0.2, -0.15) is 0 Å². The van der Waals surface area contributed by atoms with Gasteiger partial charge in [0.1, 0.15) is 5.78 Å². The lowest BCUT2D eigenvalue weighted by molar-refractivity contribution is -0.123. The van der Waals surface area contributed by atoms with Gasteiger partial charge >= 0.3 is 0 Å². The molecule has 5 heteroatoms. The third kappa shape index (κ3) is 19.7. The number of ether oxygens (including phenoxy) is 4. The molecule has 0 aromatic rings. The Bertz CT molecular complexity index is 292. The summed E-state index contributed by atoms with van der Waals surface area (Å²) in [4.78, 5) is 11.4. The van der Waals surface area contributed by atoms with E-state index in [1.807, 2.05) is 13.8 Å². The zero-order valence-electron chi connectivity index (χ0n) is 16.9. The molecule has 5 nitrogen and oxygen atoms in total. The van der Waals surface area contributed by atoms with E-state index in [4.69, 9.17) is 18.9 Å². The van der Waals surface area contributed by atoms with Crippen LogP contribution in [0.2, 0.25) is 0 Å². The highest BCUT2D eigenvalue weighted by Crippen LogP contribution is 2.07. The molecule has 0 amide bonds. The van der Waals surface area contributed by atoms with Crippen LogP contribution in [0.15, 0.2) is 0 Å². The summed E-state index contributed by atoms with van der Waals surface area (Å²) in [6.07, 6.45) is 5.48. The molecule has 0 heterocycles. The molecule has 0 aliphatic heterocycles. The van der Waals surface area contributed by atoms with Crippen LogP contribution in [0, 0.1) is 11.8 Å². The molecule has 0 bridgehead atoms. The molecular formula is C20H40O5. The topological polar surface area (TPSA) is 54.0 Å². The van der Waals surface area contributed by atoms with Crippen LogP contribution in [0.25, 0.3) is 0 Å². The Labute approximate surface area is 154 Å². The second kappa shape index (κ2) is 18.3. The first-order valence-corrected chi connectivity index (χ1v) is 9.87. The van der Waals surface area contributed by atoms with E-state index in [9.17, 15) is 4.79 Å². The maximum absolute atomic E-state index is 11.4. The van der Waals surface area contributed by atoms with Crippen molar-refractivity contribution < 1.29 is 23.7 Å². The highest BCUT2D eigenvalue weighted by Gasteiger charge is 2.05. The summed E-state index contributed by atoms with van der Waals surface area (Å²) in [5, 5.41) is 0. The lowest BCUT2D eigenvalue weighted by Gasteiger charge is -2.08. The monoisotopic (exact) mass is 360 g/mol.